The van der Waals surface area contributed by atoms with Gasteiger partial charge in [0.2, 0.25) is 15.9 Å². The second kappa shape index (κ2) is 9.25. The molecule has 3 rings (SSSR count). The second-order valence-electron chi connectivity index (χ2n) is 7.76. The molecule has 1 saturated carbocycles. The molecule has 0 saturated heterocycles. The van der Waals surface area contributed by atoms with Crippen molar-refractivity contribution in [2.24, 2.45) is 0 Å². The van der Waals surface area contributed by atoms with Gasteiger partial charge in [0.15, 0.2) is 5.69 Å². The second-order valence-corrected chi connectivity index (χ2v) is 9.45. The first-order valence-corrected chi connectivity index (χ1v) is 11.9. The zero-order chi connectivity index (χ0) is 23.6. The first kappa shape index (κ1) is 23.7. The fourth-order valence-corrected chi connectivity index (χ4v) is 4.47. The lowest BCUT2D eigenvalue weighted by Gasteiger charge is -2.16. The van der Waals surface area contributed by atoms with Crippen molar-refractivity contribution in [3.05, 3.63) is 39.6 Å². The van der Waals surface area contributed by atoms with Crippen LogP contribution >= 0.6 is 0 Å². The largest absolute Gasteiger partial charge is 0.438 e. The Balaban J connectivity index is 2.04. The molecule has 2 aromatic rings. The van der Waals surface area contributed by atoms with Crippen LogP contribution in [0.4, 0.5) is 5.69 Å². The monoisotopic (exact) mass is 465 g/mol. The van der Waals surface area contributed by atoms with Crippen molar-refractivity contribution in [1.29, 1.82) is 0 Å². The molecule has 1 fully saturated rings. The average Bonchev–Trinajstić information content (AvgIpc) is 3.50. The number of nitro benzene ring substituents is 1. The van der Waals surface area contributed by atoms with Gasteiger partial charge in [0.25, 0.3) is 11.6 Å². The number of nitro groups is 1. The molecule has 1 atom stereocenters. The Hall–Kier alpha value is -2.99. The normalized spacial score (nSPS) is 14.8. The highest BCUT2D eigenvalue weighted by molar-refractivity contribution is 7.89. The van der Waals surface area contributed by atoms with Crippen molar-refractivity contribution in [2.45, 2.75) is 70.5 Å². The van der Waals surface area contributed by atoms with Gasteiger partial charge in [-0.3, -0.25) is 14.9 Å². The zero-order valence-electron chi connectivity index (χ0n) is 18.4. The van der Waals surface area contributed by atoms with Crippen LogP contribution in [-0.4, -0.2) is 41.1 Å². The number of carbonyl (C=O) groups excluding carboxylic acids is 1. The van der Waals surface area contributed by atoms with Crippen LogP contribution in [-0.2, 0) is 16.6 Å². The summed E-state index contributed by atoms with van der Waals surface area (Å²) in [7, 11) is -4.12. The first-order valence-electron chi connectivity index (χ1n) is 10.4. The van der Waals surface area contributed by atoms with E-state index in [1.807, 2.05) is 6.92 Å². The topological polar surface area (TPSA) is 145 Å². The molecule has 1 aliphatic carbocycles. The predicted octanol–water partition coefficient (Wildman–Crippen LogP) is 2.88. The third-order valence-corrected chi connectivity index (χ3v) is 6.77. The first-order chi connectivity index (χ1) is 15.1. The van der Waals surface area contributed by atoms with E-state index in [0.29, 0.717) is 18.5 Å². The van der Waals surface area contributed by atoms with E-state index in [1.54, 1.807) is 20.8 Å². The minimum absolute atomic E-state index is 0.0988. The maximum absolute atomic E-state index is 13.0. The van der Waals surface area contributed by atoms with Gasteiger partial charge < -0.3 is 10.1 Å². The summed E-state index contributed by atoms with van der Waals surface area (Å²) in [6, 6.07) is 3.13. The Kier molecular flexibility index (Phi) is 6.84. The van der Waals surface area contributed by atoms with Crippen LogP contribution in [0.25, 0.3) is 0 Å². The van der Waals surface area contributed by atoms with Gasteiger partial charge in [0, 0.05) is 36.3 Å². The third kappa shape index (κ3) is 5.07. The standard InChI is InChI=1S/C20H27N5O6S/c1-5-12(3)23-32(29,30)17-11-15(25(27)28)9-10-16(17)31-20-13(4)18(22-24(20)6-2)19(26)21-14-7-8-14/h9-12,14,23H,5-8H2,1-4H3,(H,21,26). The van der Waals surface area contributed by atoms with Crippen molar-refractivity contribution >= 4 is 21.6 Å². The molecule has 0 radical (unpaired) electrons. The Morgan fingerprint density at radius 2 is 2.06 bits per heavy atom. The van der Waals surface area contributed by atoms with Crippen molar-refractivity contribution in [1.82, 2.24) is 19.8 Å². The number of nitrogens with zero attached hydrogens (tertiary/aromatic N) is 3. The van der Waals surface area contributed by atoms with Crippen molar-refractivity contribution in [2.75, 3.05) is 0 Å². The van der Waals surface area contributed by atoms with Crippen LogP contribution in [0, 0.1) is 17.0 Å². The Morgan fingerprint density at radius 3 is 2.62 bits per heavy atom. The fraction of sp³-hybridized carbons (Fsp3) is 0.500. The minimum Gasteiger partial charge on any atom is -0.438 e. The van der Waals surface area contributed by atoms with Crippen LogP contribution in [0.5, 0.6) is 11.6 Å². The summed E-state index contributed by atoms with van der Waals surface area (Å²) in [6.07, 6.45) is 2.39. The van der Waals surface area contributed by atoms with Gasteiger partial charge in [-0.1, -0.05) is 6.92 Å². The summed E-state index contributed by atoms with van der Waals surface area (Å²) in [4.78, 5) is 22.7. The number of amides is 1. The zero-order valence-corrected chi connectivity index (χ0v) is 19.2. The summed E-state index contributed by atoms with van der Waals surface area (Å²) in [5, 5.41) is 18.4. The van der Waals surface area contributed by atoms with Gasteiger partial charge in [-0.25, -0.2) is 17.8 Å². The Morgan fingerprint density at radius 1 is 1.38 bits per heavy atom. The van der Waals surface area contributed by atoms with Gasteiger partial charge in [0.05, 0.1) is 4.92 Å². The highest BCUT2D eigenvalue weighted by atomic mass is 32.2. The number of sulfonamides is 1. The van der Waals surface area contributed by atoms with Crippen molar-refractivity contribution in [3.8, 4) is 11.6 Å². The smallest absolute Gasteiger partial charge is 0.272 e. The number of hydrogen-bond acceptors (Lipinski definition) is 7. The minimum atomic E-state index is -4.12. The van der Waals surface area contributed by atoms with E-state index in [2.05, 4.69) is 15.1 Å². The summed E-state index contributed by atoms with van der Waals surface area (Å²) in [5.74, 6) is -0.224. The molecule has 1 amide bonds. The van der Waals surface area contributed by atoms with E-state index < -0.39 is 14.9 Å². The molecular formula is C20H27N5O6S. The lowest BCUT2D eigenvalue weighted by molar-refractivity contribution is -0.385. The number of aryl methyl sites for hydroxylation is 1. The summed E-state index contributed by atoms with van der Waals surface area (Å²) < 4.78 is 35.8. The van der Waals surface area contributed by atoms with Crippen molar-refractivity contribution in [3.63, 3.8) is 0 Å². The van der Waals surface area contributed by atoms with E-state index in [1.165, 1.54) is 16.8 Å². The molecule has 0 spiro atoms. The number of hydrogen-bond donors (Lipinski definition) is 2. The highest BCUT2D eigenvalue weighted by Gasteiger charge is 2.30. The van der Waals surface area contributed by atoms with E-state index in [4.69, 9.17) is 4.74 Å². The number of carbonyl (C=O) groups is 1. The number of benzene rings is 1. The van der Waals surface area contributed by atoms with Gasteiger partial charge in [0.1, 0.15) is 10.6 Å². The molecule has 12 heteroatoms. The van der Waals surface area contributed by atoms with E-state index >= 15 is 0 Å². The molecule has 174 valence electrons. The average molecular weight is 466 g/mol. The summed E-state index contributed by atoms with van der Waals surface area (Å²) in [6.45, 7) is 7.34. The lowest BCUT2D eigenvalue weighted by Crippen LogP contribution is -2.32. The predicted molar refractivity (Wildman–Crippen MR) is 116 cm³/mol. The van der Waals surface area contributed by atoms with E-state index in [0.717, 1.165) is 18.9 Å². The van der Waals surface area contributed by atoms with Crippen LogP contribution in [0.1, 0.15) is 56.1 Å². The van der Waals surface area contributed by atoms with Crippen LogP contribution in [0.2, 0.25) is 0 Å². The highest BCUT2D eigenvalue weighted by Crippen LogP contribution is 2.34. The molecule has 11 nitrogen and oxygen atoms in total. The number of ether oxygens (including phenoxy) is 1. The number of rotatable bonds is 10. The maximum atomic E-state index is 13.0. The molecule has 1 aromatic carbocycles. The Labute approximate surface area is 186 Å². The molecule has 0 aliphatic heterocycles. The fourth-order valence-electron chi connectivity index (χ4n) is 3.00. The number of non-ortho nitro benzene ring substituents is 1. The maximum Gasteiger partial charge on any atom is 0.272 e. The molecule has 1 aliphatic rings. The lowest BCUT2D eigenvalue weighted by atomic mass is 10.2. The number of nitrogens with one attached hydrogen (secondary N) is 2. The van der Waals surface area contributed by atoms with Gasteiger partial charge in [-0.15, -0.1) is 0 Å². The van der Waals surface area contributed by atoms with Crippen LogP contribution < -0.4 is 14.8 Å². The molecule has 32 heavy (non-hydrogen) atoms. The summed E-state index contributed by atoms with van der Waals surface area (Å²) >= 11 is 0. The molecule has 1 aromatic heterocycles. The quantitative estimate of drug-likeness (QED) is 0.405. The molecule has 0 bridgehead atoms. The van der Waals surface area contributed by atoms with Crippen LogP contribution in [0.15, 0.2) is 23.1 Å². The van der Waals surface area contributed by atoms with E-state index in [9.17, 15) is 23.3 Å². The van der Waals surface area contributed by atoms with Gasteiger partial charge in [-0.2, -0.15) is 5.10 Å². The van der Waals surface area contributed by atoms with Crippen LogP contribution in [0.3, 0.4) is 0 Å². The number of aromatic nitrogens is 2. The molecule has 1 unspecified atom stereocenters. The molecular weight excluding hydrogens is 438 g/mol. The summed E-state index contributed by atoms with van der Waals surface area (Å²) in [5.41, 5.74) is 0.256. The SMILES string of the molecule is CCC(C)NS(=O)(=O)c1cc([N+](=O)[O-])ccc1Oc1c(C)c(C(=O)NC2CC2)nn1CC. The Bertz CT molecular complexity index is 1140. The van der Waals surface area contributed by atoms with E-state index in [-0.39, 0.29) is 45.9 Å². The van der Waals surface area contributed by atoms with Gasteiger partial charge >= 0.3 is 0 Å². The van der Waals surface area contributed by atoms with Crippen molar-refractivity contribution < 1.29 is 22.9 Å². The van der Waals surface area contributed by atoms with Gasteiger partial charge in [-0.05, 0) is 46.1 Å². The third-order valence-electron chi connectivity index (χ3n) is 5.16. The molecule has 1 heterocycles. The molecule has 2 N–H and O–H groups in total.